The van der Waals surface area contributed by atoms with Gasteiger partial charge >= 0.3 is 31.1 Å². The number of hydrogen-bond donors (Lipinski definition) is 2. The van der Waals surface area contributed by atoms with Crippen LogP contribution in [0, 0.1) is 44.1 Å². The van der Waals surface area contributed by atoms with Crippen molar-refractivity contribution < 1.29 is 39.9 Å². The second-order valence-electron chi connectivity index (χ2n) is 6.00. The number of aryl methyl sites for hydroxylation is 1. The maximum atomic E-state index is 13.5. The first-order valence-electron chi connectivity index (χ1n) is 8.46. The van der Waals surface area contributed by atoms with Crippen LogP contribution in [0.4, 0.5) is 20.3 Å². The molecule has 0 fully saturated rings. The minimum atomic E-state index is -3.01. The quantitative estimate of drug-likeness (QED) is 0.305. The Labute approximate surface area is 189 Å². The zero-order chi connectivity index (χ0) is 19.4. The van der Waals surface area contributed by atoms with Gasteiger partial charge in [0.1, 0.15) is 11.6 Å². The number of pyridine rings is 1. The monoisotopic (exact) mass is 625 g/mol. The average Bonchev–Trinajstić information content (AvgIpc) is 2.65. The molecule has 144 valence electrons. The summed E-state index contributed by atoms with van der Waals surface area (Å²) in [5.41, 5.74) is -1.17. The Bertz CT molecular complexity index is 949. The van der Waals surface area contributed by atoms with Crippen molar-refractivity contribution in [3.8, 4) is 0 Å². The van der Waals surface area contributed by atoms with Gasteiger partial charge in [-0.05, 0) is 12.5 Å². The van der Waals surface area contributed by atoms with Gasteiger partial charge in [0.15, 0.2) is 5.65 Å². The molecule has 2 heterocycles. The van der Waals surface area contributed by atoms with E-state index in [0.29, 0.717) is 42.2 Å². The van der Waals surface area contributed by atoms with E-state index in [2.05, 4.69) is 38.6 Å². The van der Waals surface area contributed by atoms with Gasteiger partial charge in [0.2, 0.25) is 0 Å². The molecule has 0 radical (unpaired) electrons. The number of anilines is 2. The Morgan fingerprint density at radius 2 is 2.07 bits per heavy atom. The minimum absolute atomic E-state index is 0. The largest absolute Gasteiger partial charge is 2.00 e. The van der Waals surface area contributed by atoms with Crippen molar-refractivity contribution in [1.82, 2.24) is 15.0 Å². The maximum Gasteiger partial charge on any atom is 2.00 e. The van der Waals surface area contributed by atoms with Gasteiger partial charge in [-0.3, -0.25) is 0 Å². The van der Waals surface area contributed by atoms with Crippen LogP contribution in [0.15, 0.2) is 30.5 Å². The average molecular weight is 625 g/mol. The maximum absolute atomic E-state index is 13.5. The van der Waals surface area contributed by atoms with Crippen molar-refractivity contribution in [2.24, 2.45) is 0 Å². The third-order valence-corrected chi connectivity index (χ3v) is 4.26. The third kappa shape index (κ3) is 5.59. The molecule has 0 amide bonds. The standard InChI is InChI=1S/C19H20F2N5P.U/c1-3-5-16-25-17(15-9-14(22-2)11-24-18(15)26-16)23-10-12-6-4-7-13(8-12)19(20,21)27;/h4,6-7,9,11,22H,1,3,5,10,27H2,2H3,(H,23,24,25,26);/q-2;+2. The van der Waals surface area contributed by atoms with E-state index in [9.17, 15) is 8.78 Å². The molecule has 5 nitrogen and oxygen atoms in total. The van der Waals surface area contributed by atoms with Crippen molar-refractivity contribution in [3.63, 3.8) is 0 Å². The second kappa shape index (κ2) is 9.92. The summed E-state index contributed by atoms with van der Waals surface area (Å²) < 4.78 is 27.0. The number of aromatic nitrogens is 3. The molecule has 2 N–H and O–H groups in total. The van der Waals surface area contributed by atoms with Gasteiger partial charge in [-0.2, -0.15) is 39.5 Å². The number of benzene rings is 1. The van der Waals surface area contributed by atoms with Gasteiger partial charge < -0.3 is 17.6 Å². The molecular weight excluding hydrogens is 605 g/mol. The van der Waals surface area contributed by atoms with Crippen molar-refractivity contribution in [2.75, 3.05) is 17.7 Å². The van der Waals surface area contributed by atoms with Crippen LogP contribution in [0.1, 0.15) is 23.4 Å². The molecule has 2 aromatic heterocycles. The van der Waals surface area contributed by atoms with Crippen LogP contribution in [-0.4, -0.2) is 22.0 Å². The molecule has 0 saturated carbocycles. The van der Waals surface area contributed by atoms with E-state index in [4.69, 9.17) is 0 Å². The van der Waals surface area contributed by atoms with E-state index in [0.717, 1.165) is 11.1 Å². The number of fused-ring (bicyclic) bond motifs is 1. The van der Waals surface area contributed by atoms with Crippen molar-refractivity contribution >= 4 is 31.8 Å². The number of hydrogen-bond acceptors (Lipinski definition) is 5. The summed E-state index contributed by atoms with van der Waals surface area (Å²) in [4.78, 5) is 13.4. The summed E-state index contributed by atoms with van der Waals surface area (Å²) in [5.74, 6) is 1.24. The van der Waals surface area contributed by atoms with E-state index in [1.54, 1.807) is 25.4 Å². The molecule has 1 unspecified atom stereocenters. The zero-order valence-electron chi connectivity index (χ0n) is 15.4. The van der Waals surface area contributed by atoms with E-state index in [1.807, 2.05) is 6.07 Å². The van der Waals surface area contributed by atoms with Crippen LogP contribution >= 0.6 is 9.24 Å². The normalized spacial score (nSPS) is 11.2. The molecular formula is C19H20F2N5PU. The molecule has 0 aliphatic carbocycles. The molecule has 0 spiro atoms. The molecule has 28 heavy (non-hydrogen) atoms. The first-order chi connectivity index (χ1) is 12.9. The van der Waals surface area contributed by atoms with Crippen LogP contribution in [0.25, 0.3) is 11.0 Å². The molecule has 0 aliphatic heterocycles. The van der Waals surface area contributed by atoms with Crippen LogP contribution in [0.2, 0.25) is 0 Å². The molecule has 1 atom stereocenters. The van der Waals surface area contributed by atoms with Crippen molar-refractivity contribution in [1.29, 1.82) is 0 Å². The number of nitrogens with one attached hydrogen (secondary N) is 2. The van der Waals surface area contributed by atoms with E-state index in [-0.39, 0.29) is 36.7 Å². The molecule has 0 saturated heterocycles. The van der Waals surface area contributed by atoms with Crippen molar-refractivity contribution in [2.45, 2.75) is 25.1 Å². The predicted octanol–water partition coefficient (Wildman–Crippen LogP) is 4.17. The summed E-state index contributed by atoms with van der Waals surface area (Å²) in [5, 5.41) is 7.00. The number of alkyl halides is 2. The SMILES string of the molecule is [CH2-]CCc1nc(NCc2[c-]c(C(F)(F)P)ccc2)c2cc(NC)cnc2n1.[U+2]. The van der Waals surface area contributed by atoms with Crippen molar-refractivity contribution in [3.05, 3.63) is 60.4 Å². The summed E-state index contributed by atoms with van der Waals surface area (Å²) in [6.45, 7) is 4.14. The van der Waals surface area contributed by atoms with Crippen LogP contribution < -0.4 is 10.6 Å². The topological polar surface area (TPSA) is 62.7 Å². The molecule has 9 heteroatoms. The predicted molar refractivity (Wildman–Crippen MR) is 107 cm³/mol. The first-order valence-corrected chi connectivity index (χ1v) is 9.04. The minimum Gasteiger partial charge on any atom is -0.387 e. The number of rotatable bonds is 7. The van der Waals surface area contributed by atoms with Crippen LogP contribution in [0.5, 0.6) is 0 Å². The number of halogens is 2. The van der Waals surface area contributed by atoms with Gasteiger partial charge in [-0.1, -0.05) is 14.8 Å². The summed E-state index contributed by atoms with van der Waals surface area (Å²) in [6, 6.07) is 9.33. The molecule has 3 aromatic rings. The first kappa shape index (κ1) is 22.9. The summed E-state index contributed by atoms with van der Waals surface area (Å²) in [6.07, 6.45) is 2.99. The molecule has 1 aromatic carbocycles. The van der Waals surface area contributed by atoms with E-state index >= 15 is 0 Å². The molecule has 3 rings (SSSR count). The van der Waals surface area contributed by atoms with E-state index < -0.39 is 5.66 Å². The van der Waals surface area contributed by atoms with E-state index in [1.165, 1.54) is 15.3 Å². The Hall–Kier alpha value is -1.35. The van der Waals surface area contributed by atoms with Gasteiger partial charge in [0.25, 0.3) is 5.66 Å². The number of nitrogens with zero attached hydrogens (tertiary/aromatic N) is 3. The Kier molecular flexibility index (Phi) is 8.12. The summed E-state index contributed by atoms with van der Waals surface area (Å²) in [7, 11) is 3.33. The van der Waals surface area contributed by atoms with Gasteiger partial charge in [-0.15, -0.1) is 5.56 Å². The van der Waals surface area contributed by atoms with Gasteiger partial charge in [0.05, 0.1) is 17.3 Å². The van der Waals surface area contributed by atoms with Crippen LogP contribution in [-0.2, 0) is 18.6 Å². The fourth-order valence-electron chi connectivity index (χ4n) is 2.59. The Morgan fingerprint density at radius 3 is 2.75 bits per heavy atom. The molecule has 0 bridgehead atoms. The van der Waals surface area contributed by atoms with Gasteiger partial charge in [-0.25, -0.2) is 15.0 Å². The smallest absolute Gasteiger partial charge is 0.387 e. The molecule has 0 aliphatic rings. The summed E-state index contributed by atoms with van der Waals surface area (Å²) >= 11 is 0. The Morgan fingerprint density at radius 1 is 1.29 bits per heavy atom. The second-order valence-corrected chi connectivity index (χ2v) is 6.73. The fraction of sp³-hybridized carbons (Fsp3) is 0.263. The third-order valence-electron chi connectivity index (χ3n) is 3.95. The van der Waals surface area contributed by atoms with Gasteiger partial charge in [0, 0.05) is 13.6 Å². The van der Waals surface area contributed by atoms with Crippen LogP contribution in [0.3, 0.4) is 0 Å². The fourth-order valence-corrected chi connectivity index (χ4v) is 2.76. The Balaban J connectivity index is 0.00000280. The zero-order valence-corrected chi connectivity index (χ0v) is 20.7.